The minimum Gasteiger partial charge on any atom is -0.490 e. The van der Waals surface area contributed by atoms with Gasteiger partial charge < -0.3 is 9.47 Å². The Bertz CT molecular complexity index is 1550. The van der Waals surface area contributed by atoms with E-state index in [1.807, 2.05) is 20.8 Å². The molecule has 0 N–H and O–H groups in total. The summed E-state index contributed by atoms with van der Waals surface area (Å²) < 4.78 is 53.6. The van der Waals surface area contributed by atoms with E-state index in [-0.39, 0.29) is 22.9 Å². The van der Waals surface area contributed by atoms with Crippen LogP contribution in [0.2, 0.25) is 0 Å². The Labute approximate surface area is 225 Å². The van der Waals surface area contributed by atoms with Crippen molar-refractivity contribution < 1.29 is 22.6 Å². The summed E-state index contributed by atoms with van der Waals surface area (Å²) in [6, 6.07) is 14.7. The van der Waals surface area contributed by atoms with E-state index in [2.05, 4.69) is 26.0 Å². The molecule has 0 bridgehead atoms. The second-order valence-electron chi connectivity index (χ2n) is 8.48. The highest BCUT2D eigenvalue weighted by Crippen LogP contribution is 2.35. The first-order valence-electron chi connectivity index (χ1n) is 12.0. The van der Waals surface area contributed by atoms with Gasteiger partial charge in [0.25, 0.3) is 5.56 Å². The minimum atomic E-state index is -4.55. The van der Waals surface area contributed by atoms with Crippen LogP contribution in [0.1, 0.15) is 38.3 Å². The number of benzene rings is 3. The van der Waals surface area contributed by atoms with Gasteiger partial charge in [-0.3, -0.25) is 4.79 Å². The Morgan fingerprint density at radius 1 is 1.08 bits per heavy atom. The molecule has 38 heavy (non-hydrogen) atoms. The molecule has 1 atom stereocenters. The SMILES string of the molecule is CCOc1cc(C=Nn2c(-c3cccc(C(F)(F)F)c3)nc3ccccc3c2=O)c(Br)cc1O[C@H](C)CC. The van der Waals surface area contributed by atoms with E-state index < -0.39 is 17.3 Å². The molecule has 0 radical (unpaired) electrons. The van der Waals surface area contributed by atoms with Crippen molar-refractivity contribution in [2.24, 2.45) is 5.10 Å². The average molecular weight is 588 g/mol. The maximum atomic E-state index is 13.4. The first-order chi connectivity index (χ1) is 18.1. The monoisotopic (exact) mass is 587 g/mol. The number of nitrogens with zero attached hydrogens (tertiary/aromatic N) is 3. The molecule has 6 nitrogen and oxygen atoms in total. The molecule has 3 aromatic carbocycles. The van der Waals surface area contributed by atoms with Crippen molar-refractivity contribution in [2.45, 2.75) is 39.5 Å². The molecule has 0 saturated heterocycles. The van der Waals surface area contributed by atoms with E-state index in [0.29, 0.717) is 33.7 Å². The van der Waals surface area contributed by atoms with Crippen molar-refractivity contribution in [2.75, 3.05) is 6.61 Å². The molecule has 0 unspecified atom stereocenters. The maximum absolute atomic E-state index is 13.4. The lowest BCUT2D eigenvalue weighted by Gasteiger charge is -2.17. The summed E-state index contributed by atoms with van der Waals surface area (Å²) in [5.74, 6) is 1.04. The van der Waals surface area contributed by atoms with Crippen LogP contribution < -0.4 is 15.0 Å². The van der Waals surface area contributed by atoms with Crippen LogP contribution in [0.5, 0.6) is 11.5 Å². The van der Waals surface area contributed by atoms with Crippen LogP contribution >= 0.6 is 15.9 Å². The highest BCUT2D eigenvalue weighted by Gasteiger charge is 2.31. The Morgan fingerprint density at radius 3 is 2.55 bits per heavy atom. The lowest BCUT2D eigenvalue weighted by atomic mass is 10.1. The second kappa shape index (κ2) is 11.4. The van der Waals surface area contributed by atoms with E-state index >= 15 is 0 Å². The number of aromatic nitrogens is 2. The fraction of sp³-hybridized carbons (Fsp3) is 0.250. The number of ether oxygens (including phenoxy) is 2. The summed E-state index contributed by atoms with van der Waals surface area (Å²) in [5, 5.41) is 4.66. The first kappa shape index (κ1) is 27.4. The van der Waals surface area contributed by atoms with Gasteiger partial charge in [-0.1, -0.05) is 31.2 Å². The summed E-state index contributed by atoms with van der Waals surface area (Å²) in [7, 11) is 0. The quantitative estimate of drug-likeness (QED) is 0.203. The van der Waals surface area contributed by atoms with Gasteiger partial charge in [0.1, 0.15) is 0 Å². The number of hydrogen-bond donors (Lipinski definition) is 0. The molecular weight excluding hydrogens is 563 g/mol. The van der Waals surface area contributed by atoms with Gasteiger partial charge in [-0.2, -0.15) is 22.9 Å². The molecule has 0 aliphatic carbocycles. The van der Waals surface area contributed by atoms with Gasteiger partial charge in [-0.15, -0.1) is 0 Å². The molecule has 0 amide bonds. The van der Waals surface area contributed by atoms with Crippen molar-refractivity contribution in [3.63, 3.8) is 0 Å². The maximum Gasteiger partial charge on any atom is 0.416 e. The molecular formula is C28H25BrF3N3O3. The average Bonchev–Trinajstić information content (AvgIpc) is 2.89. The largest absolute Gasteiger partial charge is 0.490 e. The van der Waals surface area contributed by atoms with Gasteiger partial charge in [-0.25, -0.2) is 4.98 Å². The fourth-order valence-electron chi connectivity index (χ4n) is 3.68. The van der Waals surface area contributed by atoms with Crippen LogP contribution in [0.15, 0.2) is 75.0 Å². The topological polar surface area (TPSA) is 65.7 Å². The smallest absolute Gasteiger partial charge is 0.416 e. The molecule has 0 fully saturated rings. The Hall–Kier alpha value is -3.66. The van der Waals surface area contributed by atoms with Crippen LogP contribution in [-0.2, 0) is 6.18 Å². The predicted molar refractivity (Wildman–Crippen MR) is 145 cm³/mol. The van der Waals surface area contributed by atoms with Crippen molar-refractivity contribution in [3.05, 3.63) is 86.6 Å². The highest BCUT2D eigenvalue weighted by molar-refractivity contribution is 9.10. The number of halogens is 4. The van der Waals surface area contributed by atoms with Crippen molar-refractivity contribution in [3.8, 4) is 22.9 Å². The van der Waals surface area contributed by atoms with Crippen molar-refractivity contribution in [1.29, 1.82) is 0 Å². The van der Waals surface area contributed by atoms with Crippen LogP contribution in [0.4, 0.5) is 13.2 Å². The first-order valence-corrected chi connectivity index (χ1v) is 12.8. The summed E-state index contributed by atoms with van der Waals surface area (Å²) in [5.41, 5.74) is -0.347. The Balaban J connectivity index is 1.87. The summed E-state index contributed by atoms with van der Waals surface area (Å²) in [4.78, 5) is 17.9. The number of fused-ring (bicyclic) bond motifs is 1. The molecule has 1 aromatic heterocycles. The molecule has 0 spiro atoms. The second-order valence-corrected chi connectivity index (χ2v) is 9.34. The third-order valence-corrected chi connectivity index (χ3v) is 6.47. The number of rotatable bonds is 8. The fourth-order valence-corrected chi connectivity index (χ4v) is 4.11. The molecule has 0 aliphatic rings. The van der Waals surface area contributed by atoms with E-state index in [0.717, 1.165) is 23.2 Å². The summed E-state index contributed by atoms with van der Waals surface area (Å²) in [6.07, 6.45) is -2.35. The highest BCUT2D eigenvalue weighted by atomic mass is 79.9. The third kappa shape index (κ3) is 5.91. The zero-order chi connectivity index (χ0) is 27.4. The lowest BCUT2D eigenvalue weighted by Crippen LogP contribution is -2.20. The van der Waals surface area contributed by atoms with Gasteiger partial charge in [0, 0.05) is 15.6 Å². The van der Waals surface area contributed by atoms with Crippen molar-refractivity contribution >= 4 is 33.0 Å². The molecule has 1 heterocycles. The van der Waals surface area contributed by atoms with Crippen LogP contribution in [0.25, 0.3) is 22.3 Å². The van der Waals surface area contributed by atoms with E-state index in [1.54, 1.807) is 36.4 Å². The van der Waals surface area contributed by atoms with Gasteiger partial charge >= 0.3 is 6.18 Å². The van der Waals surface area contributed by atoms with E-state index in [9.17, 15) is 18.0 Å². The summed E-state index contributed by atoms with van der Waals surface area (Å²) >= 11 is 3.52. The normalized spacial score (nSPS) is 12.7. The van der Waals surface area contributed by atoms with Gasteiger partial charge in [0.15, 0.2) is 17.3 Å². The molecule has 0 saturated carbocycles. The van der Waals surface area contributed by atoms with Crippen LogP contribution in [0, 0.1) is 0 Å². The third-order valence-electron chi connectivity index (χ3n) is 5.78. The molecule has 0 aliphatic heterocycles. The zero-order valence-electron chi connectivity index (χ0n) is 20.9. The standard InChI is InChI=1S/C28H25BrF3N3O3/c1-4-17(3)38-25-15-22(29)19(14-24(25)37-5-2)16-33-35-26(18-9-8-10-20(13-18)28(30,31)32)34-23-12-7-6-11-21(23)27(35)36/h6-17H,4-5H2,1-3H3/t17-/m1/s1. The predicted octanol–water partition coefficient (Wildman–Crippen LogP) is 7.30. The number of alkyl halides is 3. The van der Waals surface area contributed by atoms with E-state index in [1.165, 1.54) is 18.3 Å². The van der Waals surface area contributed by atoms with Crippen molar-refractivity contribution in [1.82, 2.24) is 9.66 Å². The van der Waals surface area contributed by atoms with Crippen LogP contribution in [-0.4, -0.2) is 28.6 Å². The lowest BCUT2D eigenvalue weighted by molar-refractivity contribution is -0.137. The Morgan fingerprint density at radius 2 is 1.84 bits per heavy atom. The van der Waals surface area contributed by atoms with Gasteiger partial charge in [0.2, 0.25) is 0 Å². The minimum absolute atomic E-state index is 0.0195. The van der Waals surface area contributed by atoms with Gasteiger partial charge in [-0.05, 0) is 72.6 Å². The Kier molecular flexibility index (Phi) is 8.20. The number of para-hydroxylation sites is 1. The number of hydrogen-bond acceptors (Lipinski definition) is 5. The molecule has 4 rings (SSSR count). The molecule has 198 valence electrons. The molecule has 10 heteroatoms. The van der Waals surface area contributed by atoms with Crippen LogP contribution in [0.3, 0.4) is 0 Å². The molecule has 4 aromatic rings. The zero-order valence-corrected chi connectivity index (χ0v) is 22.5. The van der Waals surface area contributed by atoms with Gasteiger partial charge in [0.05, 0.1) is 35.4 Å². The van der Waals surface area contributed by atoms with E-state index in [4.69, 9.17) is 9.47 Å². The summed E-state index contributed by atoms with van der Waals surface area (Å²) in [6.45, 7) is 6.22.